The summed E-state index contributed by atoms with van der Waals surface area (Å²) in [6.45, 7) is 6.30. The predicted molar refractivity (Wildman–Crippen MR) is 106 cm³/mol. The van der Waals surface area contributed by atoms with Gasteiger partial charge < -0.3 is 14.2 Å². The van der Waals surface area contributed by atoms with Crippen molar-refractivity contribution in [3.63, 3.8) is 0 Å². The highest BCUT2D eigenvalue weighted by molar-refractivity contribution is 6.30. The zero-order valence-electron chi connectivity index (χ0n) is 16.1. The molecule has 0 radical (unpaired) electrons. The van der Waals surface area contributed by atoms with E-state index in [2.05, 4.69) is 0 Å². The molecule has 5 nitrogen and oxygen atoms in total. The van der Waals surface area contributed by atoms with Crippen LogP contribution in [0.3, 0.4) is 0 Å². The van der Waals surface area contributed by atoms with E-state index in [0.717, 1.165) is 12.0 Å². The number of nitrogens with zero attached hydrogens (tertiary/aromatic N) is 2. The lowest BCUT2D eigenvalue weighted by Gasteiger charge is -2.30. The van der Waals surface area contributed by atoms with Crippen LogP contribution in [0.15, 0.2) is 53.1 Å². The highest BCUT2D eigenvalue weighted by Crippen LogP contribution is 2.12. The number of hydrogen-bond donors (Lipinski definition) is 0. The summed E-state index contributed by atoms with van der Waals surface area (Å²) in [5.74, 6) is 0.354. The molecule has 6 heteroatoms. The minimum Gasteiger partial charge on any atom is -0.467 e. The highest BCUT2D eigenvalue weighted by atomic mass is 35.5. The van der Waals surface area contributed by atoms with Crippen molar-refractivity contribution < 1.29 is 14.0 Å². The maximum absolute atomic E-state index is 13.0. The summed E-state index contributed by atoms with van der Waals surface area (Å²) in [6, 6.07) is 13.5. The van der Waals surface area contributed by atoms with Crippen LogP contribution in [0.1, 0.15) is 32.1 Å². The van der Waals surface area contributed by atoms with Gasteiger partial charge in [-0.15, -0.1) is 11.6 Å². The van der Waals surface area contributed by atoms with Crippen molar-refractivity contribution >= 4 is 23.4 Å². The first kappa shape index (κ1) is 21.0. The van der Waals surface area contributed by atoms with Gasteiger partial charge in [-0.05, 0) is 44.9 Å². The molecule has 0 saturated carbocycles. The molecule has 0 saturated heterocycles. The molecule has 146 valence electrons. The van der Waals surface area contributed by atoms with Crippen molar-refractivity contribution in [3.8, 4) is 0 Å². The molecular formula is C21H27ClN2O3. The largest absolute Gasteiger partial charge is 0.467 e. The second-order valence-electron chi connectivity index (χ2n) is 6.81. The van der Waals surface area contributed by atoms with Gasteiger partial charge in [0.1, 0.15) is 17.7 Å². The fourth-order valence-electron chi connectivity index (χ4n) is 2.78. The minimum absolute atomic E-state index is 0.00303. The van der Waals surface area contributed by atoms with Crippen LogP contribution < -0.4 is 0 Å². The Hall–Kier alpha value is -2.27. The van der Waals surface area contributed by atoms with Crippen LogP contribution in [0.4, 0.5) is 0 Å². The quantitative estimate of drug-likeness (QED) is 0.613. The van der Waals surface area contributed by atoms with Crippen LogP contribution in [0.2, 0.25) is 0 Å². The van der Waals surface area contributed by atoms with Gasteiger partial charge in [0.05, 0.1) is 12.8 Å². The number of carbonyl (C=O) groups excluding carboxylic acids is 2. The number of rotatable bonds is 9. The molecule has 0 unspecified atom stereocenters. The topological polar surface area (TPSA) is 53.8 Å². The molecule has 1 heterocycles. The Labute approximate surface area is 165 Å². The molecule has 2 aromatic rings. The molecule has 2 rings (SSSR count). The molecule has 1 aromatic heterocycles. The lowest BCUT2D eigenvalue weighted by Crippen LogP contribution is -2.48. The van der Waals surface area contributed by atoms with Crippen LogP contribution in [0, 0.1) is 0 Å². The normalized spacial score (nSPS) is 12.0. The molecule has 1 aromatic carbocycles. The third kappa shape index (κ3) is 6.43. The average Bonchev–Trinajstić information content (AvgIpc) is 3.16. The van der Waals surface area contributed by atoms with Gasteiger partial charge in [-0.1, -0.05) is 30.3 Å². The lowest BCUT2D eigenvalue weighted by atomic mass is 10.1. The monoisotopic (exact) mass is 390 g/mol. The first-order chi connectivity index (χ1) is 12.9. The molecule has 0 fully saturated rings. The number of amides is 2. The second kappa shape index (κ2) is 10.2. The number of benzene rings is 1. The summed E-state index contributed by atoms with van der Waals surface area (Å²) in [5.41, 5.74) is 1.15. The first-order valence-electron chi connectivity index (χ1n) is 9.17. The average molecular weight is 391 g/mol. The Morgan fingerprint density at radius 2 is 1.78 bits per heavy atom. The summed E-state index contributed by atoms with van der Waals surface area (Å²) in [7, 11) is 0. The van der Waals surface area contributed by atoms with Crippen molar-refractivity contribution in [1.29, 1.82) is 0 Å². The van der Waals surface area contributed by atoms with Crippen molar-refractivity contribution in [2.24, 2.45) is 0 Å². The van der Waals surface area contributed by atoms with Gasteiger partial charge in [0, 0.05) is 12.6 Å². The van der Waals surface area contributed by atoms with Crippen LogP contribution in [-0.4, -0.2) is 46.1 Å². The predicted octanol–water partition coefficient (Wildman–Crippen LogP) is 3.72. The summed E-state index contributed by atoms with van der Waals surface area (Å²) in [6.07, 6.45) is 2.32. The number of carbonyl (C=O) groups is 2. The zero-order valence-corrected chi connectivity index (χ0v) is 16.9. The van der Waals surface area contributed by atoms with Gasteiger partial charge in [-0.3, -0.25) is 9.59 Å². The SMILES string of the molecule is CC(C)N(CC(=O)N(CCc1ccccc1)Cc1ccco1)C(=O)[C@@H](C)Cl. The lowest BCUT2D eigenvalue weighted by molar-refractivity contribution is -0.142. The third-order valence-electron chi connectivity index (χ3n) is 4.35. The number of halogens is 1. The second-order valence-corrected chi connectivity index (χ2v) is 7.46. The molecule has 0 bridgehead atoms. The van der Waals surface area contributed by atoms with Crippen molar-refractivity contribution in [2.75, 3.05) is 13.1 Å². The molecule has 0 aliphatic heterocycles. The molecular weight excluding hydrogens is 364 g/mol. The van der Waals surface area contributed by atoms with Crippen LogP contribution in [0.5, 0.6) is 0 Å². The summed E-state index contributed by atoms with van der Waals surface area (Å²) >= 11 is 5.96. The number of furan rings is 1. The molecule has 1 atom stereocenters. The maximum Gasteiger partial charge on any atom is 0.242 e. The minimum atomic E-state index is -0.664. The van der Waals surface area contributed by atoms with Crippen LogP contribution >= 0.6 is 11.6 Å². The molecule has 0 aliphatic carbocycles. The molecule has 0 N–H and O–H groups in total. The van der Waals surface area contributed by atoms with E-state index >= 15 is 0 Å². The summed E-state index contributed by atoms with van der Waals surface area (Å²) < 4.78 is 5.41. The van der Waals surface area contributed by atoms with Crippen molar-refractivity contribution in [1.82, 2.24) is 9.80 Å². The highest BCUT2D eigenvalue weighted by Gasteiger charge is 2.26. The smallest absolute Gasteiger partial charge is 0.242 e. The van der Waals surface area contributed by atoms with Gasteiger partial charge in [-0.2, -0.15) is 0 Å². The van der Waals surface area contributed by atoms with Gasteiger partial charge in [-0.25, -0.2) is 0 Å². The Morgan fingerprint density at radius 3 is 2.33 bits per heavy atom. The number of hydrogen-bond acceptors (Lipinski definition) is 3. The molecule has 27 heavy (non-hydrogen) atoms. The van der Waals surface area contributed by atoms with Crippen LogP contribution in [0.25, 0.3) is 0 Å². The van der Waals surface area contributed by atoms with Crippen LogP contribution in [-0.2, 0) is 22.6 Å². The molecule has 0 spiro atoms. The van der Waals surface area contributed by atoms with Crippen molar-refractivity contribution in [3.05, 3.63) is 60.1 Å². The van der Waals surface area contributed by atoms with E-state index in [1.807, 2.05) is 50.2 Å². The van der Waals surface area contributed by atoms with E-state index in [1.54, 1.807) is 24.2 Å². The molecule has 0 aliphatic rings. The Bertz CT molecular complexity index is 714. The number of alkyl halides is 1. The van der Waals surface area contributed by atoms with E-state index in [0.29, 0.717) is 18.8 Å². The Kier molecular flexibility index (Phi) is 7.92. The van der Waals surface area contributed by atoms with E-state index in [-0.39, 0.29) is 24.4 Å². The Balaban J connectivity index is 2.10. The van der Waals surface area contributed by atoms with Gasteiger partial charge in [0.2, 0.25) is 11.8 Å². The van der Waals surface area contributed by atoms with E-state index in [1.165, 1.54) is 4.90 Å². The van der Waals surface area contributed by atoms with E-state index in [4.69, 9.17) is 16.0 Å². The van der Waals surface area contributed by atoms with Gasteiger partial charge in [0.25, 0.3) is 0 Å². The zero-order chi connectivity index (χ0) is 19.8. The van der Waals surface area contributed by atoms with Gasteiger partial charge >= 0.3 is 0 Å². The fraction of sp³-hybridized carbons (Fsp3) is 0.429. The van der Waals surface area contributed by atoms with E-state index < -0.39 is 5.38 Å². The third-order valence-corrected chi connectivity index (χ3v) is 4.53. The first-order valence-corrected chi connectivity index (χ1v) is 9.60. The van der Waals surface area contributed by atoms with E-state index in [9.17, 15) is 9.59 Å². The summed E-state index contributed by atoms with van der Waals surface area (Å²) in [5, 5.41) is -0.664. The molecule has 2 amide bonds. The van der Waals surface area contributed by atoms with Gasteiger partial charge in [0.15, 0.2) is 0 Å². The summed E-state index contributed by atoms with van der Waals surface area (Å²) in [4.78, 5) is 28.6. The fourth-order valence-corrected chi connectivity index (χ4v) is 2.91. The Morgan fingerprint density at radius 1 is 1.07 bits per heavy atom. The maximum atomic E-state index is 13.0. The van der Waals surface area contributed by atoms with Crippen molar-refractivity contribution in [2.45, 2.75) is 45.2 Å². The standard InChI is InChI=1S/C21H27ClN2O3/c1-16(2)24(21(26)17(3)22)15-20(25)23(14-19-10-7-13-27-19)12-11-18-8-5-4-6-9-18/h4-10,13,16-17H,11-12,14-15H2,1-3H3/t17-/m1/s1.